The van der Waals surface area contributed by atoms with Crippen LogP contribution in [0.1, 0.15) is 11.1 Å². The van der Waals surface area contributed by atoms with Crippen LogP contribution in [0.15, 0.2) is 36.4 Å². The highest BCUT2D eigenvalue weighted by atomic mass is 35.5. The first kappa shape index (κ1) is 14.4. The molecule has 5 heteroatoms. The van der Waals surface area contributed by atoms with E-state index in [-0.39, 0.29) is 17.5 Å². The minimum Gasteiger partial charge on any atom is -0.488 e. The van der Waals surface area contributed by atoms with Crippen molar-refractivity contribution >= 4 is 34.8 Å². The summed E-state index contributed by atoms with van der Waals surface area (Å²) in [5.74, 6) is 0.299. The van der Waals surface area contributed by atoms with Gasteiger partial charge in [-0.3, -0.25) is 0 Å². The Kier molecular flexibility index (Phi) is 4.92. The highest BCUT2D eigenvalue weighted by molar-refractivity contribution is 6.32. The summed E-state index contributed by atoms with van der Waals surface area (Å²) in [5, 5.41) is 0.601. The van der Waals surface area contributed by atoms with Crippen molar-refractivity contribution in [1.82, 2.24) is 0 Å². The van der Waals surface area contributed by atoms with Crippen molar-refractivity contribution in [3.8, 4) is 5.75 Å². The van der Waals surface area contributed by atoms with Crippen LogP contribution in [0.25, 0.3) is 0 Å². The maximum Gasteiger partial charge on any atom is 0.148 e. The van der Waals surface area contributed by atoms with Gasteiger partial charge in [-0.15, -0.1) is 11.6 Å². The molecule has 0 fully saturated rings. The van der Waals surface area contributed by atoms with Gasteiger partial charge in [0.2, 0.25) is 0 Å². The number of halogens is 4. The van der Waals surface area contributed by atoms with Gasteiger partial charge in [0.15, 0.2) is 0 Å². The van der Waals surface area contributed by atoms with Crippen molar-refractivity contribution in [3.05, 3.63) is 63.4 Å². The van der Waals surface area contributed by atoms with Crippen LogP contribution in [-0.4, -0.2) is 0 Å². The highest BCUT2D eigenvalue weighted by Gasteiger charge is 2.10. The molecule has 0 amide bonds. The Morgan fingerprint density at radius 3 is 2.42 bits per heavy atom. The predicted octanol–water partition coefficient (Wildman–Crippen LogP) is 5.45. The molecule has 2 rings (SSSR count). The number of benzene rings is 2. The number of rotatable bonds is 4. The molecule has 100 valence electrons. The van der Waals surface area contributed by atoms with Gasteiger partial charge in [0.1, 0.15) is 18.2 Å². The molecule has 0 atom stereocenters. The van der Waals surface area contributed by atoms with Gasteiger partial charge >= 0.3 is 0 Å². The van der Waals surface area contributed by atoms with Gasteiger partial charge in [0, 0.05) is 16.1 Å². The second kappa shape index (κ2) is 6.47. The first-order valence-corrected chi connectivity index (χ1v) is 6.81. The van der Waals surface area contributed by atoms with Gasteiger partial charge in [-0.05, 0) is 18.2 Å². The standard InChI is InChI=1S/C14H10Cl3FO/c15-7-10-11(16)4-2-6-13(10)19-8-9-3-1-5-12(17)14(9)18/h1-6H,7-8H2. The summed E-state index contributed by atoms with van der Waals surface area (Å²) in [6.45, 7) is 0.0661. The molecule has 2 aromatic carbocycles. The van der Waals surface area contributed by atoms with Crippen LogP contribution in [0.4, 0.5) is 4.39 Å². The molecule has 19 heavy (non-hydrogen) atoms. The van der Waals surface area contributed by atoms with E-state index >= 15 is 0 Å². The van der Waals surface area contributed by atoms with Crippen LogP contribution >= 0.6 is 34.8 Å². The van der Waals surface area contributed by atoms with E-state index in [2.05, 4.69) is 0 Å². The summed E-state index contributed by atoms with van der Waals surface area (Å²) in [6, 6.07) is 10.0. The average Bonchev–Trinajstić information content (AvgIpc) is 2.40. The van der Waals surface area contributed by atoms with Crippen LogP contribution < -0.4 is 4.74 Å². The third kappa shape index (κ3) is 3.33. The molecule has 1 nitrogen and oxygen atoms in total. The number of alkyl halides is 1. The van der Waals surface area contributed by atoms with Crippen molar-refractivity contribution in [2.24, 2.45) is 0 Å². The van der Waals surface area contributed by atoms with Gasteiger partial charge in [-0.2, -0.15) is 0 Å². The summed E-state index contributed by atoms with van der Waals surface area (Å²) in [7, 11) is 0. The number of ether oxygens (including phenoxy) is 1. The van der Waals surface area contributed by atoms with Crippen molar-refractivity contribution in [2.45, 2.75) is 12.5 Å². The second-order valence-corrected chi connectivity index (χ2v) is 4.93. The monoisotopic (exact) mass is 318 g/mol. The van der Waals surface area contributed by atoms with Crippen LogP contribution in [-0.2, 0) is 12.5 Å². The highest BCUT2D eigenvalue weighted by Crippen LogP contribution is 2.29. The van der Waals surface area contributed by atoms with Crippen LogP contribution in [0.3, 0.4) is 0 Å². The molecule has 2 aromatic rings. The van der Waals surface area contributed by atoms with Gasteiger partial charge in [-0.1, -0.05) is 41.4 Å². The van der Waals surface area contributed by atoms with Crippen molar-refractivity contribution in [2.75, 3.05) is 0 Å². The minimum atomic E-state index is -0.474. The van der Waals surface area contributed by atoms with Crippen molar-refractivity contribution in [1.29, 1.82) is 0 Å². The maximum absolute atomic E-state index is 13.7. The fourth-order valence-electron chi connectivity index (χ4n) is 1.62. The Morgan fingerprint density at radius 1 is 1.00 bits per heavy atom. The number of hydrogen-bond donors (Lipinski definition) is 0. The summed E-state index contributed by atoms with van der Waals surface area (Å²) >= 11 is 17.5. The van der Waals surface area contributed by atoms with E-state index in [1.165, 1.54) is 6.07 Å². The SMILES string of the molecule is Fc1c(Cl)cccc1COc1cccc(Cl)c1CCl. The van der Waals surface area contributed by atoms with E-state index in [1.54, 1.807) is 30.3 Å². The third-order valence-electron chi connectivity index (χ3n) is 2.62. The largest absolute Gasteiger partial charge is 0.488 e. The molecule has 0 saturated heterocycles. The molecule has 0 saturated carbocycles. The Bertz CT molecular complexity index is 587. The third-order valence-corrected chi connectivity index (χ3v) is 3.54. The fourth-order valence-corrected chi connectivity index (χ4v) is 2.39. The fraction of sp³-hybridized carbons (Fsp3) is 0.143. The zero-order chi connectivity index (χ0) is 13.8. The van der Waals surface area contributed by atoms with E-state index < -0.39 is 5.82 Å². The van der Waals surface area contributed by atoms with Crippen LogP contribution in [0.2, 0.25) is 10.0 Å². The molecule has 0 radical (unpaired) electrons. The van der Waals surface area contributed by atoms with Crippen LogP contribution in [0, 0.1) is 5.82 Å². The Hall–Kier alpha value is -0.960. The average molecular weight is 320 g/mol. The quantitative estimate of drug-likeness (QED) is 0.681. The summed E-state index contributed by atoms with van der Waals surface area (Å²) < 4.78 is 19.3. The lowest BCUT2D eigenvalue weighted by Crippen LogP contribution is -2.01. The first-order valence-electron chi connectivity index (χ1n) is 5.52. The minimum absolute atomic E-state index is 0.0661. The zero-order valence-corrected chi connectivity index (χ0v) is 12.1. The summed E-state index contributed by atoms with van der Waals surface area (Å²) in [5.41, 5.74) is 1.07. The second-order valence-electron chi connectivity index (χ2n) is 3.85. The lowest BCUT2D eigenvalue weighted by atomic mass is 10.2. The molecule has 0 bridgehead atoms. The van der Waals surface area contributed by atoms with E-state index in [9.17, 15) is 4.39 Å². The molecule has 0 spiro atoms. The predicted molar refractivity (Wildman–Crippen MR) is 76.8 cm³/mol. The topological polar surface area (TPSA) is 9.23 Å². The Labute approximate surface area is 125 Å². The zero-order valence-electron chi connectivity index (χ0n) is 9.80. The molecule has 0 aliphatic rings. The molecule has 0 unspecified atom stereocenters. The molecule has 0 N–H and O–H groups in total. The smallest absolute Gasteiger partial charge is 0.148 e. The molecule has 0 aliphatic carbocycles. The van der Waals surface area contributed by atoms with Crippen molar-refractivity contribution < 1.29 is 9.13 Å². The molecular formula is C14H10Cl3FO. The normalized spacial score (nSPS) is 10.5. The maximum atomic E-state index is 13.7. The van der Waals surface area contributed by atoms with E-state index in [4.69, 9.17) is 39.5 Å². The molecule has 0 heterocycles. The lowest BCUT2D eigenvalue weighted by molar-refractivity contribution is 0.297. The molecular weight excluding hydrogens is 310 g/mol. The Morgan fingerprint density at radius 2 is 1.68 bits per heavy atom. The summed E-state index contributed by atoms with van der Waals surface area (Å²) in [6.07, 6.45) is 0. The molecule has 0 aliphatic heterocycles. The van der Waals surface area contributed by atoms with Gasteiger partial charge in [-0.25, -0.2) is 4.39 Å². The first-order chi connectivity index (χ1) is 9.13. The van der Waals surface area contributed by atoms with Gasteiger partial charge in [0.05, 0.1) is 10.9 Å². The van der Waals surface area contributed by atoms with Crippen molar-refractivity contribution in [3.63, 3.8) is 0 Å². The van der Waals surface area contributed by atoms with E-state index in [0.717, 1.165) is 0 Å². The molecule has 0 aromatic heterocycles. The van der Waals surface area contributed by atoms with E-state index in [0.29, 0.717) is 21.9 Å². The van der Waals surface area contributed by atoms with Gasteiger partial charge in [0.25, 0.3) is 0 Å². The van der Waals surface area contributed by atoms with Gasteiger partial charge < -0.3 is 4.74 Å². The van der Waals surface area contributed by atoms with E-state index in [1.807, 2.05) is 0 Å². The lowest BCUT2D eigenvalue weighted by Gasteiger charge is -2.12. The number of hydrogen-bond acceptors (Lipinski definition) is 1. The van der Waals surface area contributed by atoms with Crippen LogP contribution in [0.5, 0.6) is 5.75 Å². The summed E-state index contributed by atoms with van der Waals surface area (Å²) in [4.78, 5) is 0. The Balaban J connectivity index is 2.19.